The Kier molecular flexibility index (Phi) is 4.25. The number of carbonyl (C=O) groups is 1. The van der Waals surface area contributed by atoms with Gasteiger partial charge in [0.05, 0.1) is 5.56 Å². The Labute approximate surface area is 131 Å². The van der Waals surface area contributed by atoms with Crippen molar-refractivity contribution in [3.05, 3.63) is 71.3 Å². The van der Waals surface area contributed by atoms with E-state index in [0.29, 0.717) is 11.0 Å². The highest BCUT2D eigenvalue weighted by Gasteiger charge is 2.41. The van der Waals surface area contributed by atoms with Crippen molar-refractivity contribution >= 4 is 5.97 Å². The number of carboxylic acids is 1. The first-order valence-electron chi connectivity index (χ1n) is 7.74. The van der Waals surface area contributed by atoms with Crippen molar-refractivity contribution in [1.29, 1.82) is 0 Å². The maximum Gasteiger partial charge on any atom is 0.335 e. The van der Waals surface area contributed by atoms with Crippen LogP contribution >= 0.6 is 0 Å². The van der Waals surface area contributed by atoms with Gasteiger partial charge in [-0.25, -0.2) is 4.79 Å². The molecule has 0 aromatic heterocycles. The number of carboxylic acid groups (broad SMARTS) is 1. The van der Waals surface area contributed by atoms with Gasteiger partial charge in [-0.15, -0.1) is 0 Å². The third-order valence-corrected chi connectivity index (χ3v) is 4.41. The van der Waals surface area contributed by atoms with Gasteiger partial charge in [0.25, 0.3) is 0 Å². The predicted molar refractivity (Wildman–Crippen MR) is 86.9 cm³/mol. The summed E-state index contributed by atoms with van der Waals surface area (Å²) >= 11 is 0. The molecule has 114 valence electrons. The molecule has 0 unspecified atom stereocenters. The number of benzene rings is 2. The van der Waals surface area contributed by atoms with Gasteiger partial charge in [0.1, 0.15) is 0 Å². The first-order valence-corrected chi connectivity index (χ1v) is 7.74. The first kappa shape index (κ1) is 14.8. The average molecular weight is 295 g/mol. The van der Waals surface area contributed by atoms with Gasteiger partial charge in [0.2, 0.25) is 0 Å². The van der Waals surface area contributed by atoms with Gasteiger partial charge in [-0.05, 0) is 47.9 Å². The Hall–Kier alpha value is -2.13. The molecule has 2 N–H and O–H groups in total. The van der Waals surface area contributed by atoms with Crippen LogP contribution in [0.1, 0.15) is 34.3 Å². The summed E-state index contributed by atoms with van der Waals surface area (Å²) in [6.07, 6.45) is 3.71. The van der Waals surface area contributed by atoms with Gasteiger partial charge in [0.15, 0.2) is 0 Å². The molecule has 2 aromatic carbocycles. The lowest BCUT2D eigenvalue weighted by atomic mass is 9.96. The van der Waals surface area contributed by atoms with Crippen LogP contribution in [0.5, 0.6) is 0 Å². The SMILES string of the molecule is O=C(O)c1ccc(CNCC2(Cc3ccccc3)CC2)cc1. The minimum Gasteiger partial charge on any atom is -0.478 e. The highest BCUT2D eigenvalue weighted by Crippen LogP contribution is 2.47. The van der Waals surface area contributed by atoms with Crippen LogP contribution in [0.25, 0.3) is 0 Å². The Morgan fingerprint density at radius 1 is 1.00 bits per heavy atom. The zero-order valence-corrected chi connectivity index (χ0v) is 12.6. The van der Waals surface area contributed by atoms with Crippen molar-refractivity contribution in [3.63, 3.8) is 0 Å². The summed E-state index contributed by atoms with van der Waals surface area (Å²) < 4.78 is 0. The summed E-state index contributed by atoms with van der Waals surface area (Å²) in [5.74, 6) is -0.876. The highest BCUT2D eigenvalue weighted by atomic mass is 16.4. The van der Waals surface area contributed by atoms with E-state index in [9.17, 15) is 4.79 Å². The van der Waals surface area contributed by atoms with Gasteiger partial charge in [0, 0.05) is 13.1 Å². The van der Waals surface area contributed by atoms with E-state index >= 15 is 0 Å². The zero-order valence-electron chi connectivity index (χ0n) is 12.6. The smallest absolute Gasteiger partial charge is 0.335 e. The van der Waals surface area contributed by atoms with E-state index < -0.39 is 5.97 Å². The number of rotatable bonds is 7. The molecule has 3 nitrogen and oxygen atoms in total. The molecule has 0 aliphatic heterocycles. The summed E-state index contributed by atoms with van der Waals surface area (Å²) in [4.78, 5) is 10.8. The van der Waals surface area contributed by atoms with Crippen molar-refractivity contribution in [2.75, 3.05) is 6.54 Å². The lowest BCUT2D eigenvalue weighted by Gasteiger charge is -2.16. The molecule has 0 atom stereocenters. The van der Waals surface area contributed by atoms with Crippen molar-refractivity contribution < 1.29 is 9.90 Å². The van der Waals surface area contributed by atoms with E-state index in [0.717, 1.165) is 25.1 Å². The summed E-state index contributed by atoms with van der Waals surface area (Å²) in [6, 6.07) is 17.7. The molecule has 1 fully saturated rings. The van der Waals surface area contributed by atoms with Crippen molar-refractivity contribution in [3.8, 4) is 0 Å². The van der Waals surface area contributed by atoms with Crippen molar-refractivity contribution in [1.82, 2.24) is 5.32 Å². The van der Waals surface area contributed by atoms with Crippen LogP contribution in [-0.4, -0.2) is 17.6 Å². The van der Waals surface area contributed by atoms with E-state index in [1.54, 1.807) is 12.1 Å². The first-order chi connectivity index (χ1) is 10.7. The van der Waals surface area contributed by atoms with Gasteiger partial charge in [-0.2, -0.15) is 0 Å². The van der Waals surface area contributed by atoms with Gasteiger partial charge in [-0.1, -0.05) is 42.5 Å². The van der Waals surface area contributed by atoms with Gasteiger partial charge >= 0.3 is 5.97 Å². The maximum atomic E-state index is 10.8. The number of hydrogen-bond donors (Lipinski definition) is 2. The average Bonchev–Trinajstić information content (AvgIpc) is 3.28. The predicted octanol–water partition coefficient (Wildman–Crippen LogP) is 3.50. The zero-order chi connectivity index (χ0) is 15.4. The third-order valence-electron chi connectivity index (χ3n) is 4.41. The molecule has 3 heteroatoms. The molecule has 22 heavy (non-hydrogen) atoms. The van der Waals surface area contributed by atoms with Gasteiger partial charge < -0.3 is 10.4 Å². The van der Waals surface area contributed by atoms with Crippen LogP contribution in [0.3, 0.4) is 0 Å². The van der Waals surface area contributed by atoms with Crippen LogP contribution in [0.2, 0.25) is 0 Å². The molecule has 1 saturated carbocycles. The van der Waals surface area contributed by atoms with Crippen LogP contribution in [0, 0.1) is 5.41 Å². The maximum absolute atomic E-state index is 10.8. The summed E-state index contributed by atoms with van der Waals surface area (Å²) in [5.41, 5.74) is 3.29. The molecule has 3 rings (SSSR count). The number of nitrogens with one attached hydrogen (secondary N) is 1. The largest absolute Gasteiger partial charge is 0.478 e. The summed E-state index contributed by atoms with van der Waals surface area (Å²) in [6.45, 7) is 1.80. The fraction of sp³-hybridized carbons (Fsp3) is 0.316. The third kappa shape index (κ3) is 3.74. The van der Waals surface area contributed by atoms with E-state index in [2.05, 4.69) is 35.6 Å². The van der Waals surface area contributed by atoms with Crippen molar-refractivity contribution in [2.24, 2.45) is 5.41 Å². The molecule has 2 aromatic rings. The molecule has 0 bridgehead atoms. The second-order valence-electron chi connectivity index (χ2n) is 6.27. The molecule has 0 heterocycles. The van der Waals surface area contributed by atoms with Crippen molar-refractivity contribution in [2.45, 2.75) is 25.8 Å². The minimum absolute atomic E-state index is 0.339. The second-order valence-corrected chi connectivity index (χ2v) is 6.27. The van der Waals surface area contributed by atoms with Gasteiger partial charge in [-0.3, -0.25) is 0 Å². The molecule has 0 radical (unpaired) electrons. The molecule has 0 amide bonds. The van der Waals surface area contributed by atoms with E-state index in [1.165, 1.54) is 18.4 Å². The Balaban J connectivity index is 1.49. The van der Waals surface area contributed by atoms with Crippen LogP contribution in [-0.2, 0) is 13.0 Å². The topological polar surface area (TPSA) is 49.3 Å². The van der Waals surface area contributed by atoms with Crippen LogP contribution in [0.15, 0.2) is 54.6 Å². The monoisotopic (exact) mass is 295 g/mol. The fourth-order valence-electron chi connectivity index (χ4n) is 2.86. The van der Waals surface area contributed by atoms with E-state index in [-0.39, 0.29) is 0 Å². The number of aromatic carboxylic acids is 1. The standard InChI is InChI=1S/C19H21NO2/c21-18(22)17-8-6-16(7-9-17)13-20-14-19(10-11-19)12-15-4-2-1-3-5-15/h1-9,20H,10-14H2,(H,21,22). The molecule has 0 spiro atoms. The molecule has 1 aliphatic rings. The molecular formula is C19H21NO2. The minimum atomic E-state index is -0.876. The summed E-state index contributed by atoms with van der Waals surface area (Å²) in [7, 11) is 0. The van der Waals surface area contributed by atoms with E-state index in [4.69, 9.17) is 5.11 Å². The van der Waals surface area contributed by atoms with Crippen LogP contribution < -0.4 is 5.32 Å². The Morgan fingerprint density at radius 3 is 2.27 bits per heavy atom. The fourth-order valence-corrected chi connectivity index (χ4v) is 2.86. The Morgan fingerprint density at radius 2 is 1.68 bits per heavy atom. The summed E-state index contributed by atoms with van der Waals surface area (Å²) in [5, 5.41) is 12.4. The molecular weight excluding hydrogens is 274 g/mol. The lowest BCUT2D eigenvalue weighted by Crippen LogP contribution is -2.25. The number of hydrogen-bond acceptors (Lipinski definition) is 2. The lowest BCUT2D eigenvalue weighted by molar-refractivity contribution is 0.0697. The normalized spacial score (nSPS) is 15.5. The second kappa shape index (κ2) is 6.32. The van der Waals surface area contributed by atoms with Crippen LogP contribution in [0.4, 0.5) is 0 Å². The highest BCUT2D eigenvalue weighted by molar-refractivity contribution is 5.87. The molecule has 0 saturated heterocycles. The molecule has 1 aliphatic carbocycles. The Bertz CT molecular complexity index is 630. The quantitative estimate of drug-likeness (QED) is 0.822. The van der Waals surface area contributed by atoms with E-state index in [1.807, 2.05) is 12.1 Å².